The third-order valence-electron chi connectivity index (χ3n) is 7.26. The van der Waals surface area contributed by atoms with Gasteiger partial charge in [0.1, 0.15) is 5.69 Å². The SMILES string of the molecule is CCC1NC2CCC(CN3CCN(c4ccc(C(=O)NC)nc4C(F)(F)F)CC3)CC2NC1=O. The molecular weight excluding hydrogens is 449 g/mol. The van der Waals surface area contributed by atoms with Crippen LogP contribution in [0.4, 0.5) is 18.9 Å². The minimum atomic E-state index is -4.65. The second-order valence-electron chi connectivity index (χ2n) is 9.46. The molecule has 3 aliphatic rings. The second kappa shape index (κ2) is 10.1. The molecule has 11 heteroatoms. The average Bonchev–Trinajstić information content (AvgIpc) is 2.82. The number of anilines is 1. The highest BCUT2D eigenvalue weighted by Gasteiger charge is 2.40. The van der Waals surface area contributed by atoms with Crippen LogP contribution < -0.4 is 20.9 Å². The molecule has 3 fully saturated rings. The predicted octanol–water partition coefficient (Wildman–Crippen LogP) is 1.62. The Morgan fingerprint density at radius 2 is 1.91 bits per heavy atom. The van der Waals surface area contributed by atoms with Crippen LogP contribution in [0.5, 0.6) is 0 Å². The lowest BCUT2D eigenvalue weighted by Crippen LogP contribution is -2.65. The van der Waals surface area contributed by atoms with E-state index in [9.17, 15) is 22.8 Å². The van der Waals surface area contributed by atoms with Crippen molar-refractivity contribution >= 4 is 17.5 Å². The number of halogens is 3. The maximum Gasteiger partial charge on any atom is 0.435 e. The second-order valence-corrected chi connectivity index (χ2v) is 9.46. The monoisotopic (exact) mass is 482 g/mol. The van der Waals surface area contributed by atoms with Gasteiger partial charge in [-0.25, -0.2) is 4.98 Å². The molecule has 1 saturated carbocycles. The third-order valence-corrected chi connectivity index (χ3v) is 7.26. The average molecular weight is 483 g/mol. The van der Waals surface area contributed by atoms with Crippen molar-refractivity contribution in [1.82, 2.24) is 25.8 Å². The molecule has 188 valence electrons. The first-order valence-electron chi connectivity index (χ1n) is 12.0. The summed E-state index contributed by atoms with van der Waals surface area (Å²) in [5.41, 5.74) is -1.25. The summed E-state index contributed by atoms with van der Waals surface area (Å²) in [6.45, 7) is 5.11. The summed E-state index contributed by atoms with van der Waals surface area (Å²) < 4.78 is 41.0. The van der Waals surface area contributed by atoms with Crippen molar-refractivity contribution in [2.45, 2.75) is 56.9 Å². The van der Waals surface area contributed by atoms with E-state index in [1.54, 1.807) is 4.90 Å². The summed E-state index contributed by atoms with van der Waals surface area (Å²) in [5.74, 6) is -0.118. The van der Waals surface area contributed by atoms with Crippen LogP contribution in [0, 0.1) is 5.92 Å². The Morgan fingerprint density at radius 3 is 2.56 bits per heavy atom. The van der Waals surface area contributed by atoms with Gasteiger partial charge >= 0.3 is 6.18 Å². The molecular formula is C23H33F3N6O2. The Morgan fingerprint density at radius 1 is 1.18 bits per heavy atom. The number of hydrogen-bond donors (Lipinski definition) is 3. The van der Waals surface area contributed by atoms with E-state index >= 15 is 0 Å². The number of nitrogens with zero attached hydrogens (tertiary/aromatic N) is 3. The van der Waals surface area contributed by atoms with Crippen LogP contribution in [0.2, 0.25) is 0 Å². The number of rotatable bonds is 5. The van der Waals surface area contributed by atoms with Gasteiger partial charge in [0.2, 0.25) is 5.91 Å². The Balaban J connectivity index is 1.34. The topological polar surface area (TPSA) is 89.6 Å². The Labute approximate surface area is 197 Å². The van der Waals surface area contributed by atoms with Crippen LogP contribution in [0.15, 0.2) is 12.1 Å². The summed E-state index contributed by atoms with van der Waals surface area (Å²) in [7, 11) is 1.36. The zero-order valence-electron chi connectivity index (χ0n) is 19.6. The first-order valence-corrected chi connectivity index (χ1v) is 12.0. The number of carbonyl (C=O) groups is 2. The largest absolute Gasteiger partial charge is 0.435 e. The van der Waals surface area contributed by atoms with Gasteiger partial charge in [-0.05, 0) is 43.7 Å². The van der Waals surface area contributed by atoms with E-state index in [1.165, 1.54) is 19.2 Å². The number of aromatic nitrogens is 1. The highest BCUT2D eigenvalue weighted by molar-refractivity contribution is 5.92. The van der Waals surface area contributed by atoms with Crippen molar-refractivity contribution < 1.29 is 22.8 Å². The minimum absolute atomic E-state index is 0.0155. The zero-order chi connectivity index (χ0) is 24.5. The van der Waals surface area contributed by atoms with Gasteiger partial charge in [0, 0.05) is 51.9 Å². The van der Waals surface area contributed by atoms with Gasteiger partial charge < -0.3 is 20.9 Å². The van der Waals surface area contributed by atoms with Crippen molar-refractivity contribution in [2.24, 2.45) is 5.92 Å². The van der Waals surface area contributed by atoms with E-state index in [0.717, 1.165) is 32.2 Å². The Bertz CT molecular complexity index is 903. The molecule has 2 amide bonds. The number of fused-ring (bicyclic) bond motifs is 1. The van der Waals surface area contributed by atoms with Crippen LogP contribution in [0.1, 0.15) is 48.8 Å². The molecule has 1 aromatic rings. The first-order chi connectivity index (χ1) is 16.2. The fourth-order valence-corrected chi connectivity index (χ4v) is 5.41. The van der Waals surface area contributed by atoms with Gasteiger partial charge in [0.05, 0.1) is 11.7 Å². The van der Waals surface area contributed by atoms with Gasteiger partial charge in [0.25, 0.3) is 5.91 Å². The van der Waals surface area contributed by atoms with Crippen molar-refractivity contribution in [2.75, 3.05) is 44.7 Å². The molecule has 2 saturated heterocycles. The zero-order valence-corrected chi connectivity index (χ0v) is 19.6. The van der Waals surface area contributed by atoms with Crippen molar-refractivity contribution in [1.29, 1.82) is 0 Å². The fraction of sp³-hybridized carbons (Fsp3) is 0.696. The molecule has 4 atom stereocenters. The van der Waals surface area contributed by atoms with E-state index in [1.807, 2.05) is 6.92 Å². The molecule has 2 aliphatic heterocycles. The van der Waals surface area contributed by atoms with Crippen LogP contribution in [-0.2, 0) is 11.0 Å². The molecule has 3 N–H and O–H groups in total. The molecule has 34 heavy (non-hydrogen) atoms. The van der Waals surface area contributed by atoms with Crippen LogP contribution in [-0.4, -0.2) is 79.6 Å². The Kier molecular flexibility index (Phi) is 7.32. The van der Waals surface area contributed by atoms with E-state index < -0.39 is 17.8 Å². The minimum Gasteiger partial charge on any atom is -0.367 e. The highest BCUT2D eigenvalue weighted by Crippen LogP contribution is 2.36. The molecule has 0 bridgehead atoms. The quantitative estimate of drug-likeness (QED) is 0.591. The van der Waals surface area contributed by atoms with Gasteiger partial charge in [-0.15, -0.1) is 0 Å². The maximum absolute atomic E-state index is 13.7. The van der Waals surface area contributed by atoms with E-state index in [-0.39, 0.29) is 29.4 Å². The van der Waals surface area contributed by atoms with Crippen LogP contribution in [0.25, 0.3) is 0 Å². The summed E-state index contributed by atoms with van der Waals surface area (Å²) in [5, 5.41) is 8.97. The molecule has 3 heterocycles. The molecule has 4 rings (SSSR count). The molecule has 0 aromatic carbocycles. The molecule has 1 aromatic heterocycles. The van der Waals surface area contributed by atoms with Gasteiger partial charge in [-0.2, -0.15) is 13.2 Å². The number of piperazine rings is 2. The number of alkyl halides is 3. The normalized spacial score (nSPS) is 28.3. The number of carbonyl (C=O) groups excluding carboxylic acids is 2. The third kappa shape index (κ3) is 5.30. The van der Waals surface area contributed by atoms with Crippen LogP contribution in [0.3, 0.4) is 0 Å². The van der Waals surface area contributed by atoms with Crippen molar-refractivity contribution in [3.63, 3.8) is 0 Å². The Hall–Kier alpha value is -2.40. The molecule has 0 spiro atoms. The molecule has 0 radical (unpaired) electrons. The first kappa shape index (κ1) is 24.7. The number of amides is 2. The lowest BCUT2D eigenvalue weighted by molar-refractivity contribution is -0.140. The number of hydrogen-bond acceptors (Lipinski definition) is 6. The lowest BCUT2D eigenvalue weighted by Gasteiger charge is -2.44. The van der Waals surface area contributed by atoms with E-state index in [2.05, 4.69) is 25.8 Å². The summed E-state index contributed by atoms with van der Waals surface area (Å²) in [6, 6.07) is 3.05. The fourth-order valence-electron chi connectivity index (χ4n) is 5.41. The van der Waals surface area contributed by atoms with E-state index in [4.69, 9.17) is 0 Å². The molecule has 1 aliphatic carbocycles. The summed E-state index contributed by atoms with van der Waals surface area (Å²) >= 11 is 0. The summed E-state index contributed by atoms with van der Waals surface area (Å²) in [6.07, 6.45) is -0.857. The highest BCUT2D eigenvalue weighted by atomic mass is 19.4. The summed E-state index contributed by atoms with van der Waals surface area (Å²) in [4.78, 5) is 31.6. The van der Waals surface area contributed by atoms with E-state index in [0.29, 0.717) is 38.1 Å². The van der Waals surface area contributed by atoms with Crippen molar-refractivity contribution in [3.8, 4) is 0 Å². The molecule has 4 unspecified atom stereocenters. The lowest BCUT2D eigenvalue weighted by atomic mass is 9.80. The van der Waals surface area contributed by atoms with Gasteiger partial charge in [0.15, 0.2) is 5.69 Å². The standard InChI is InChI=1S/C23H33F3N6O2/c1-3-15-22(34)30-18-12-14(4-5-16(18)28-15)13-31-8-10-32(11-9-31)19-7-6-17(21(33)27-2)29-20(19)23(24,25)26/h6-7,14-16,18,28H,3-5,8-13H2,1-2H3,(H,27,33)(H,30,34). The number of nitrogens with one attached hydrogen (secondary N) is 3. The van der Waals surface area contributed by atoms with Crippen molar-refractivity contribution in [3.05, 3.63) is 23.5 Å². The van der Waals surface area contributed by atoms with Gasteiger partial charge in [-0.3, -0.25) is 14.5 Å². The smallest absolute Gasteiger partial charge is 0.367 e. The maximum atomic E-state index is 13.7. The van der Waals surface area contributed by atoms with Crippen LogP contribution >= 0.6 is 0 Å². The number of pyridine rings is 1. The molecule has 8 nitrogen and oxygen atoms in total. The van der Waals surface area contributed by atoms with Gasteiger partial charge in [-0.1, -0.05) is 6.92 Å². The predicted molar refractivity (Wildman–Crippen MR) is 122 cm³/mol.